The summed E-state index contributed by atoms with van der Waals surface area (Å²) in [5, 5.41) is 9.19. The van der Waals surface area contributed by atoms with E-state index in [1.54, 1.807) is 18.3 Å². The number of benzene rings is 2. The molecule has 8 nitrogen and oxygen atoms in total. The van der Waals surface area contributed by atoms with E-state index in [-0.39, 0.29) is 4.90 Å². The highest BCUT2D eigenvalue weighted by Gasteiger charge is 2.14. The molecule has 9 heteroatoms. The Morgan fingerprint density at radius 2 is 1.69 bits per heavy atom. The first kappa shape index (κ1) is 20.3. The first-order valence-corrected chi connectivity index (χ1v) is 11.9. The molecule has 3 heterocycles. The van der Waals surface area contributed by atoms with Gasteiger partial charge in [-0.3, -0.25) is 0 Å². The minimum Gasteiger partial charge on any atom is -0.357 e. The van der Waals surface area contributed by atoms with E-state index in [0.717, 1.165) is 40.9 Å². The van der Waals surface area contributed by atoms with E-state index in [9.17, 15) is 8.42 Å². The van der Waals surface area contributed by atoms with Crippen molar-refractivity contribution in [2.45, 2.75) is 17.7 Å². The van der Waals surface area contributed by atoms with Gasteiger partial charge in [0.1, 0.15) is 5.82 Å². The summed E-state index contributed by atoms with van der Waals surface area (Å²) in [6, 6.07) is 16.2. The van der Waals surface area contributed by atoms with Gasteiger partial charge in [0, 0.05) is 47.7 Å². The molecule has 1 fully saturated rings. The highest BCUT2D eigenvalue weighted by atomic mass is 32.2. The summed E-state index contributed by atoms with van der Waals surface area (Å²) in [5.41, 5.74) is 3.42. The number of hydrogen-bond donors (Lipinski definition) is 2. The predicted octanol–water partition coefficient (Wildman–Crippen LogP) is 3.68. The average molecular weight is 447 g/mol. The molecule has 0 amide bonds. The molecule has 0 bridgehead atoms. The number of nitrogens with two attached hydrogens (primary N) is 1. The number of aromatic nitrogens is 3. The Labute approximate surface area is 186 Å². The van der Waals surface area contributed by atoms with E-state index in [4.69, 9.17) is 10.1 Å². The van der Waals surface area contributed by atoms with Crippen molar-refractivity contribution >= 4 is 38.4 Å². The number of primary sulfonamides is 1. The lowest BCUT2D eigenvalue weighted by molar-refractivity contribution is 0.598. The zero-order valence-electron chi connectivity index (χ0n) is 17.3. The van der Waals surface area contributed by atoms with Gasteiger partial charge in [0.25, 0.3) is 0 Å². The van der Waals surface area contributed by atoms with Crippen LogP contribution in [0.2, 0.25) is 0 Å². The summed E-state index contributed by atoms with van der Waals surface area (Å²) < 4.78 is 22.9. The quantitative estimate of drug-likeness (QED) is 0.481. The van der Waals surface area contributed by atoms with E-state index in [0.29, 0.717) is 11.6 Å². The zero-order chi connectivity index (χ0) is 22.1. The van der Waals surface area contributed by atoms with Crippen LogP contribution in [0.1, 0.15) is 12.8 Å². The van der Waals surface area contributed by atoms with Gasteiger partial charge in [0.2, 0.25) is 16.0 Å². The van der Waals surface area contributed by atoms with Crippen molar-refractivity contribution in [3.05, 3.63) is 67.0 Å². The number of rotatable bonds is 5. The standard InChI is InChI=1S/C23H22N6O2S/c24-32(30,31)19-9-7-18(8-10-19)27-23-26-15-17-4-3-5-20(22(17)28-23)16-6-11-21(25-14-16)29-12-1-2-13-29/h3-11,14-15H,1-2,12-13H2,(H2,24,30,31)(H,26,27,28). The van der Waals surface area contributed by atoms with Gasteiger partial charge in [-0.25, -0.2) is 28.5 Å². The van der Waals surface area contributed by atoms with Gasteiger partial charge in [-0.15, -0.1) is 0 Å². The molecule has 0 unspecified atom stereocenters. The summed E-state index contributed by atoms with van der Waals surface area (Å²) in [5.74, 6) is 1.42. The van der Waals surface area contributed by atoms with Gasteiger partial charge in [-0.2, -0.15) is 0 Å². The second kappa shape index (κ2) is 8.18. The van der Waals surface area contributed by atoms with Crippen molar-refractivity contribution < 1.29 is 8.42 Å². The highest BCUT2D eigenvalue weighted by Crippen LogP contribution is 2.29. The number of para-hydroxylation sites is 1. The Morgan fingerprint density at radius 3 is 2.38 bits per heavy atom. The van der Waals surface area contributed by atoms with Crippen LogP contribution in [0.4, 0.5) is 17.5 Å². The van der Waals surface area contributed by atoms with Crippen molar-refractivity contribution in [3.63, 3.8) is 0 Å². The van der Waals surface area contributed by atoms with Crippen molar-refractivity contribution in [2.75, 3.05) is 23.3 Å². The number of fused-ring (bicyclic) bond motifs is 1. The van der Waals surface area contributed by atoms with Gasteiger partial charge in [0.15, 0.2) is 0 Å². The Kier molecular flexibility index (Phi) is 5.20. The third kappa shape index (κ3) is 4.12. The van der Waals surface area contributed by atoms with Crippen LogP contribution < -0.4 is 15.4 Å². The van der Waals surface area contributed by atoms with Crippen molar-refractivity contribution in [3.8, 4) is 11.1 Å². The number of nitrogens with zero attached hydrogens (tertiary/aromatic N) is 4. The molecule has 0 atom stereocenters. The lowest BCUT2D eigenvalue weighted by Crippen LogP contribution is -2.18. The molecule has 2 aromatic carbocycles. The van der Waals surface area contributed by atoms with Crippen molar-refractivity contribution in [2.24, 2.45) is 5.14 Å². The minimum absolute atomic E-state index is 0.0506. The lowest BCUT2D eigenvalue weighted by Gasteiger charge is -2.16. The molecule has 0 radical (unpaired) electrons. The Morgan fingerprint density at radius 1 is 0.906 bits per heavy atom. The molecule has 1 saturated heterocycles. The number of anilines is 3. The molecule has 1 aliphatic heterocycles. The van der Waals surface area contributed by atoms with Crippen LogP contribution in [0.3, 0.4) is 0 Å². The van der Waals surface area contributed by atoms with E-state index < -0.39 is 10.0 Å². The molecule has 2 aromatic heterocycles. The lowest BCUT2D eigenvalue weighted by atomic mass is 10.0. The minimum atomic E-state index is -3.73. The summed E-state index contributed by atoms with van der Waals surface area (Å²) in [4.78, 5) is 16.1. The fraction of sp³-hybridized carbons (Fsp3) is 0.174. The maximum absolute atomic E-state index is 11.4. The van der Waals surface area contributed by atoms with Crippen LogP contribution in [-0.2, 0) is 10.0 Å². The van der Waals surface area contributed by atoms with Gasteiger partial charge in [0.05, 0.1) is 10.4 Å². The van der Waals surface area contributed by atoms with Crippen molar-refractivity contribution in [1.29, 1.82) is 0 Å². The van der Waals surface area contributed by atoms with Gasteiger partial charge in [-0.1, -0.05) is 18.2 Å². The molecule has 162 valence electrons. The zero-order valence-corrected chi connectivity index (χ0v) is 18.1. The third-order valence-electron chi connectivity index (χ3n) is 5.54. The van der Waals surface area contributed by atoms with Gasteiger partial charge >= 0.3 is 0 Å². The molecule has 32 heavy (non-hydrogen) atoms. The Balaban J connectivity index is 1.45. The normalized spacial score (nSPS) is 14.1. The third-order valence-corrected chi connectivity index (χ3v) is 6.47. The first-order valence-electron chi connectivity index (χ1n) is 10.3. The summed E-state index contributed by atoms with van der Waals surface area (Å²) in [7, 11) is -3.73. The number of pyridine rings is 1. The molecule has 4 aromatic rings. The number of hydrogen-bond acceptors (Lipinski definition) is 7. The van der Waals surface area contributed by atoms with Crippen LogP contribution in [-0.4, -0.2) is 36.5 Å². The maximum atomic E-state index is 11.4. The second-order valence-corrected chi connectivity index (χ2v) is 9.29. The predicted molar refractivity (Wildman–Crippen MR) is 125 cm³/mol. The number of nitrogens with one attached hydrogen (secondary N) is 1. The maximum Gasteiger partial charge on any atom is 0.238 e. The molecule has 5 rings (SSSR count). The Bertz CT molecular complexity index is 1370. The molecule has 1 aliphatic rings. The molecule has 0 spiro atoms. The summed E-state index contributed by atoms with van der Waals surface area (Å²) in [6.07, 6.45) is 6.08. The molecule has 0 saturated carbocycles. The molecular weight excluding hydrogens is 424 g/mol. The van der Waals surface area contributed by atoms with Crippen LogP contribution in [0.5, 0.6) is 0 Å². The molecule has 0 aliphatic carbocycles. The van der Waals surface area contributed by atoms with Crippen LogP contribution in [0.15, 0.2) is 71.9 Å². The molecule has 3 N–H and O–H groups in total. The number of sulfonamides is 1. The molecular formula is C23H22N6O2S. The van der Waals surface area contributed by atoms with Crippen LogP contribution >= 0.6 is 0 Å². The first-order chi connectivity index (χ1) is 15.5. The summed E-state index contributed by atoms with van der Waals surface area (Å²) >= 11 is 0. The fourth-order valence-corrected chi connectivity index (χ4v) is 4.40. The van der Waals surface area contributed by atoms with Crippen molar-refractivity contribution in [1.82, 2.24) is 15.0 Å². The van der Waals surface area contributed by atoms with E-state index in [1.165, 1.54) is 25.0 Å². The van der Waals surface area contributed by atoms with Crippen LogP contribution in [0.25, 0.3) is 22.0 Å². The largest absolute Gasteiger partial charge is 0.357 e. The Hall–Kier alpha value is -3.56. The van der Waals surface area contributed by atoms with Gasteiger partial charge < -0.3 is 10.2 Å². The van der Waals surface area contributed by atoms with Crippen LogP contribution in [0, 0.1) is 0 Å². The topological polar surface area (TPSA) is 114 Å². The SMILES string of the molecule is NS(=O)(=O)c1ccc(Nc2ncc3cccc(-c4ccc(N5CCCC5)nc4)c3n2)cc1. The monoisotopic (exact) mass is 446 g/mol. The fourth-order valence-electron chi connectivity index (χ4n) is 3.88. The van der Waals surface area contributed by atoms with Gasteiger partial charge in [-0.05, 0) is 49.2 Å². The highest BCUT2D eigenvalue weighted by molar-refractivity contribution is 7.89. The van der Waals surface area contributed by atoms with E-state index in [1.807, 2.05) is 24.4 Å². The average Bonchev–Trinajstić information content (AvgIpc) is 3.34. The summed E-state index contributed by atoms with van der Waals surface area (Å²) in [6.45, 7) is 2.11. The van der Waals surface area contributed by atoms with E-state index >= 15 is 0 Å². The second-order valence-electron chi connectivity index (χ2n) is 7.73. The smallest absolute Gasteiger partial charge is 0.238 e. The van der Waals surface area contributed by atoms with E-state index in [2.05, 4.69) is 32.3 Å².